The maximum absolute atomic E-state index is 13.9. The molecule has 192 valence electrons. The quantitative estimate of drug-likeness (QED) is 0.445. The predicted molar refractivity (Wildman–Crippen MR) is 133 cm³/mol. The van der Waals surface area contributed by atoms with Crippen LogP contribution in [0.4, 0.5) is 0 Å². The number of nitrogens with one attached hydrogen (secondary N) is 2. The summed E-state index contributed by atoms with van der Waals surface area (Å²) < 4.78 is 5.80. The van der Waals surface area contributed by atoms with Crippen molar-refractivity contribution >= 4 is 17.7 Å². The van der Waals surface area contributed by atoms with Gasteiger partial charge in [0.15, 0.2) is 0 Å². The maximum atomic E-state index is 13.9. The highest BCUT2D eigenvalue weighted by Crippen LogP contribution is 2.30. The molecule has 0 aliphatic carbocycles. The molecule has 1 aromatic carbocycles. The molecule has 0 bridgehead atoms. The molecular weight excluding hydrogens is 460 g/mol. The molecule has 2 aromatic rings. The Kier molecular flexibility index (Phi) is 7.79. The summed E-state index contributed by atoms with van der Waals surface area (Å²) in [4.78, 5) is 48.0. The molecule has 10 nitrogen and oxygen atoms in total. The lowest BCUT2D eigenvalue weighted by molar-refractivity contribution is -0.159. The number of imide groups is 1. The van der Waals surface area contributed by atoms with Crippen LogP contribution in [0.2, 0.25) is 0 Å². The number of ether oxygens (including phenoxy) is 1. The third kappa shape index (κ3) is 5.62. The minimum atomic E-state index is -1.20. The zero-order valence-electron chi connectivity index (χ0n) is 20.8. The third-order valence-electron chi connectivity index (χ3n) is 6.61. The number of fused-ring (bicyclic) bond motifs is 1. The van der Waals surface area contributed by atoms with Crippen LogP contribution in [-0.4, -0.2) is 82.5 Å². The van der Waals surface area contributed by atoms with E-state index in [9.17, 15) is 14.4 Å². The van der Waals surface area contributed by atoms with Crippen LogP contribution in [0.3, 0.4) is 0 Å². The van der Waals surface area contributed by atoms with Gasteiger partial charge in [-0.3, -0.25) is 29.2 Å². The van der Waals surface area contributed by atoms with Crippen molar-refractivity contribution < 1.29 is 19.1 Å². The summed E-state index contributed by atoms with van der Waals surface area (Å²) in [7, 11) is 0. The molecule has 0 saturated carbocycles. The van der Waals surface area contributed by atoms with Gasteiger partial charge in [0.05, 0.1) is 18.8 Å². The maximum Gasteiger partial charge on any atom is 0.254 e. The molecule has 4 N–H and O–H groups in total. The number of pyridine rings is 1. The van der Waals surface area contributed by atoms with Gasteiger partial charge in [0.1, 0.15) is 11.6 Å². The van der Waals surface area contributed by atoms with Crippen molar-refractivity contribution in [1.29, 1.82) is 0 Å². The topological polar surface area (TPSA) is 130 Å². The predicted octanol–water partition coefficient (Wildman–Crippen LogP) is 0.0333. The van der Waals surface area contributed by atoms with Gasteiger partial charge >= 0.3 is 0 Å². The molecule has 0 radical (unpaired) electrons. The Hall–Kier alpha value is -3.18. The number of nitrogens with zero attached hydrogens (tertiary/aromatic N) is 3. The van der Waals surface area contributed by atoms with Gasteiger partial charge in [-0.1, -0.05) is 36.4 Å². The number of piperazine rings is 1. The second-order valence-corrected chi connectivity index (χ2v) is 9.92. The average Bonchev–Trinajstić information content (AvgIpc) is 3.28. The number of aromatic nitrogens is 1. The summed E-state index contributed by atoms with van der Waals surface area (Å²) in [6, 6.07) is 14.1. The highest BCUT2D eigenvalue weighted by atomic mass is 16.5. The summed E-state index contributed by atoms with van der Waals surface area (Å²) in [6.45, 7) is 5.00. The van der Waals surface area contributed by atoms with Gasteiger partial charge in [0, 0.05) is 44.6 Å². The first-order chi connectivity index (χ1) is 17.2. The van der Waals surface area contributed by atoms with Crippen molar-refractivity contribution in [2.45, 2.75) is 44.0 Å². The van der Waals surface area contributed by atoms with Crippen molar-refractivity contribution in [3.63, 3.8) is 0 Å². The normalized spacial score (nSPS) is 21.2. The first-order valence-electron chi connectivity index (χ1n) is 12.1. The summed E-state index contributed by atoms with van der Waals surface area (Å²) in [5.74, 6) is -1.30. The Balaban J connectivity index is 1.53. The Labute approximate surface area is 211 Å². The second-order valence-electron chi connectivity index (χ2n) is 9.92. The van der Waals surface area contributed by atoms with Crippen molar-refractivity contribution in [2.24, 2.45) is 5.73 Å². The lowest BCUT2D eigenvalue weighted by Crippen LogP contribution is -2.69. The first kappa shape index (κ1) is 25.9. The van der Waals surface area contributed by atoms with Crippen LogP contribution >= 0.6 is 0 Å². The van der Waals surface area contributed by atoms with E-state index in [0.29, 0.717) is 26.2 Å². The zero-order chi connectivity index (χ0) is 25.8. The molecule has 0 spiro atoms. The van der Waals surface area contributed by atoms with E-state index < -0.39 is 28.9 Å². The summed E-state index contributed by atoms with van der Waals surface area (Å²) >= 11 is 0. The van der Waals surface area contributed by atoms with Crippen LogP contribution in [0.15, 0.2) is 54.7 Å². The minimum Gasteiger partial charge on any atom is -0.374 e. The van der Waals surface area contributed by atoms with Gasteiger partial charge in [-0.15, -0.1) is 0 Å². The largest absolute Gasteiger partial charge is 0.374 e. The smallest absolute Gasteiger partial charge is 0.254 e. The van der Waals surface area contributed by atoms with Gasteiger partial charge in [-0.2, -0.15) is 0 Å². The average molecular weight is 495 g/mol. The molecule has 4 rings (SSSR count). The SMILES string of the molecule is CC(C)(N)C(=O)NC(COCc1ccccc1)C(=O)N1CCN2CNCC2(Cc2ccccn2)C1=O. The summed E-state index contributed by atoms with van der Waals surface area (Å²) in [5, 5.41) is 5.99. The van der Waals surface area contributed by atoms with Gasteiger partial charge in [-0.25, -0.2) is 0 Å². The minimum absolute atomic E-state index is 0.0888. The number of benzene rings is 1. The first-order valence-corrected chi connectivity index (χ1v) is 12.1. The number of carbonyl (C=O) groups excluding carboxylic acids is 3. The Bertz CT molecular complexity index is 1070. The second kappa shape index (κ2) is 10.8. The van der Waals surface area contributed by atoms with Crippen LogP contribution in [0.5, 0.6) is 0 Å². The summed E-state index contributed by atoms with van der Waals surface area (Å²) in [5.41, 5.74) is 5.55. The lowest BCUT2D eigenvalue weighted by Gasteiger charge is -2.45. The molecule has 2 atom stereocenters. The zero-order valence-corrected chi connectivity index (χ0v) is 20.8. The molecule has 2 aliphatic heterocycles. The number of nitrogens with two attached hydrogens (primary N) is 1. The fraction of sp³-hybridized carbons (Fsp3) is 0.462. The molecule has 2 fully saturated rings. The molecule has 3 amide bonds. The number of hydrogen-bond acceptors (Lipinski definition) is 8. The molecule has 36 heavy (non-hydrogen) atoms. The summed E-state index contributed by atoms with van der Waals surface area (Å²) in [6.07, 6.45) is 2.07. The van der Waals surface area contributed by atoms with E-state index in [4.69, 9.17) is 10.5 Å². The number of rotatable bonds is 9. The fourth-order valence-corrected chi connectivity index (χ4v) is 4.58. The van der Waals surface area contributed by atoms with Crippen molar-refractivity contribution in [1.82, 2.24) is 25.4 Å². The van der Waals surface area contributed by atoms with Crippen molar-refractivity contribution in [2.75, 3.05) is 32.9 Å². The van der Waals surface area contributed by atoms with Crippen molar-refractivity contribution in [3.8, 4) is 0 Å². The standard InChI is InChI=1S/C26H34N6O4/c1-25(2,27)23(34)30-21(16-36-15-19-8-4-3-5-9-19)22(33)32-13-12-31-18-28-17-26(31,24(32)35)14-20-10-6-7-11-29-20/h3-11,21,28H,12-18,27H2,1-2H3,(H,30,34). The van der Waals surface area contributed by atoms with Crippen LogP contribution < -0.4 is 16.4 Å². The van der Waals surface area contributed by atoms with E-state index in [1.54, 1.807) is 20.0 Å². The fourth-order valence-electron chi connectivity index (χ4n) is 4.58. The number of hydrogen-bond donors (Lipinski definition) is 3. The van der Waals surface area contributed by atoms with Crippen LogP contribution in [-0.2, 0) is 32.1 Å². The monoisotopic (exact) mass is 494 g/mol. The highest BCUT2D eigenvalue weighted by Gasteiger charge is 2.54. The molecule has 1 aromatic heterocycles. The van der Waals surface area contributed by atoms with Gasteiger partial charge in [-0.05, 0) is 31.5 Å². The highest BCUT2D eigenvalue weighted by molar-refractivity contribution is 6.04. The Morgan fingerprint density at radius 2 is 1.94 bits per heavy atom. The molecule has 10 heteroatoms. The van der Waals surface area contributed by atoms with E-state index in [0.717, 1.165) is 11.3 Å². The van der Waals surface area contributed by atoms with Crippen LogP contribution in [0.25, 0.3) is 0 Å². The molecule has 2 saturated heterocycles. The van der Waals surface area contributed by atoms with Crippen LogP contribution in [0, 0.1) is 0 Å². The molecule has 3 heterocycles. The van der Waals surface area contributed by atoms with E-state index in [1.807, 2.05) is 48.5 Å². The third-order valence-corrected chi connectivity index (χ3v) is 6.61. The Morgan fingerprint density at radius 3 is 2.64 bits per heavy atom. The van der Waals surface area contributed by atoms with E-state index in [1.165, 1.54) is 4.90 Å². The van der Waals surface area contributed by atoms with Gasteiger partial charge in [0.25, 0.3) is 11.8 Å². The molecule has 2 unspecified atom stereocenters. The molecular formula is C26H34N6O4. The number of carbonyl (C=O) groups is 3. The van der Waals surface area contributed by atoms with Crippen molar-refractivity contribution in [3.05, 3.63) is 66.0 Å². The molecule has 2 aliphatic rings. The Morgan fingerprint density at radius 1 is 1.19 bits per heavy atom. The van der Waals surface area contributed by atoms with Crippen LogP contribution in [0.1, 0.15) is 25.1 Å². The van der Waals surface area contributed by atoms with E-state index in [2.05, 4.69) is 20.5 Å². The van der Waals surface area contributed by atoms with E-state index in [-0.39, 0.29) is 25.7 Å². The van der Waals surface area contributed by atoms with E-state index >= 15 is 0 Å². The van der Waals surface area contributed by atoms with Gasteiger partial charge in [0.2, 0.25) is 5.91 Å². The van der Waals surface area contributed by atoms with Gasteiger partial charge < -0.3 is 21.1 Å². The number of amides is 3. The lowest BCUT2D eigenvalue weighted by atomic mass is 9.88.